The lowest BCUT2D eigenvalue weighted by Gasteiger charge is -2.22. The molecule has 1 aliphatic heterocycles. The first-order chi connectivity index (χ1) is 7.76. The van der Waals surface area contributed by atoms with Crippen molar-refractivity contribution in [3.05, 3.63) is 12.2 Å². The Morgan fingerprint density at radius 1 is 1.53 bits per heavy atom. The molecule has 0 radical (unpaired) electrons. The Bertz CT molecular complexity index is 341. The number of amides is 1. The van der Waals surface area contributed by atoms with Gasteiger partial charge in [-0.25, -0.2) is 4.79 Å². The maximum absolute atomic E-state index is 11.9. The molecule has 4 heteroatoms. The molecule has 1 aliphatic rings. The summed E-state index contributed by atoms with van der Waals surface area (Å²) in [6.07, 6.45) is 1.67. The second-order valence-corrected chi connectivity index (χ2v) is 5.41. The number of esters is 1. The van der Waals surface area contributed by atoms with E-state index >= 15 is 0 Å². The van der Waals surface area contributed by atoms with E-state index in [1.807, 2.05) is 27.7 Å². The maximum Gasteiger partial charge on any atom is 0.334 e. The van der Waals surface area contributed by atoms with E-state index in [1.165, 1.54) is 0 Å². The van der Waals surface area contributed by atoms with Crippen LogP contribution in [-0.2, 0) is 14.3 Å². The van der Waals surface area contributed by atoms with E-state index in [4.69, 9.17) is 4.74 Å². The van der Waals surface area contributed by atoms with Gasteiger partial charge in [0.2, 0.25) is 5.91 Å². The summed E-state index contributed by atoms with van der Waals surface area (Å²) in [6.45, 7) is 11.2. The molecule has 0 aromatic heterocycles. The van der Waals surface area contributed by atoms with E-state index < -0.39 is 11.6 Å². The van der Waals surface area contributed by atoms with Crippen LogP contribution in [0.5, 0.6) is 0 Å². The third kappa shape index (κ3) is 3.88. The SMILES string of the molecule is C=C(C(=O)OC(C)(C)C)C(CCC)C1NC1=O. The Morgan fingerprint density at radius 3 is 2.41 bits per heavy atom. The summed E-state index contributed by atoms with van der Waals surface area (Å²) in [4.78, 5) is 23.0. The molecule has 4 nitrogen and oxygen atoms in total. The van der Waals surface area contributed by atoms with Crippen molar-refractivity contribution in [2.24, 2.45) is 5.92 Å². The summed E-state index contributed by atoms with van der Waals surface area (Å²) >= 11 is 0. The number of ether oxygens (including phenoxy) is 1. The fourth-order valence-corrected chi connectivity index (χ4v) is 1.74. The first-order valence-corrected chi connectivity index (χ1v) is 5.98. The van der Waals surface area contributed by atoms with E-state index in [1.54, 1.807) is 0 Å². The van der Waals surface area contributed by atoms with Gasteiger partial charge in [-0.15, -0.1) is 0 Å². The zero-order valence-electron chi connectivity index (χ0n) is 11.0. The van der Waals surface area contributed by atoms with E-state index in [2.05, 4.69) is 11.9 Å². The highest BCUT2D eigenvalue weighted by Gasteiger charge is 2.43. The Hall–Kier alpha value is -1.32. The van der Waals surface area contributed by atoms with Crippen molar-refractivity contribution in [2.45, 2.75) is 52.2 Å². The highest BCUT2D eigenvalue weighted by atomic mass is 16.6. The van der Waals surface area contributed by atoms with Crippen LogP contribution in [0, 0.1) is 5.92 Å². The zero-order valence-corrected chi connectivity index (χ0v) is 11.0. The van der Waals surface area contributed by atoms with Crippen LogP contribution in [0.1, 0.15) is 40.5 Å². The van der Waals surface area contributed by atoms with Gasteiger partial charge in [-0.3, -0.25) is 4.79 Å². The van der Waals surface area contributed by atoms with Gasteiger partial charge in [0.25, 0.3) is 0 Å². The number of hydrogen-bond donors (Lipinski definition) is 1. The second-order valence-electron chi connectivity index (χ2n) is 5.41. The van der Waals surface area contributed by atoms with Crippen LogP contribution < -0.4 is 5.32 Å². The molecule has 0 aliphatic carbocycles. The summed E-state index contributed by atoms with van der Waals surface area (Å²) < 4.78 is 5.26. The molecule has 0 spiro atoms. The van der Waals surface area contributed by atoms with Crippen LogP contribution in [0.3, 0.4) is 0 Å². The average Bonchev–Trinajstić information content (AvgIpc) is 2.88. The minimum absolute atomic E-state index is 0.00633. The fourth-order valence-electron chi connectivity index (χ4n) is 1.74. The molecule has 0 bridgehead atoms. The van der Waals surface area contributed by atoms with Crippen LogP contribution in [0.15, 0.2) is 12.2 Å². The first kappa shape index (κ1) is 13.7. The van der Waals surface area contributed by atoms with Crippen molar-refractivity contribution in [1.82, 2.24) is 5.32 Å². The molecule has 17 heavy (non-hydrogen) atoms. The lowest BCUT2D eigenvalue weighted by Crippen LogP contribution is -2.28. The largest absolute Gasteiger partial charge is 0.457 e. The highest BCUT2D eigenvalue weighted by Crippen LogP contribution is 2.27. The maximum atomic E-state index is 11.9. The highest BCUT2D eigenvalue weighted by molar-refractivity contribution is 5.99. The normalized spacial score (nSPS) is 20.5. The van der Waals surface area contributed by atoms with Crippen molar-refractivity contribution in [3.63, 3.8) is 0 Å². The number of rotatable bonds is 5. The van der Waals surface area contributed by atoms with E-state index in [-0.39, 0.29) is 17.9 Å². The summed E-state index contributed by atoms with van der Waals surface area (Å²) in [7, 11) is 0. The standard InChI is InChI=1S/C13H21NO3/c1-6-7-9(10-11(15)14-10)8(2)12(16)17-13(3,4)5/h9-10H,2,6-7H2,1,3-5H3,(H,14,15). The predicted octanol–water partition coefficient (Wildman–Crippen LogP) is 1.80. The van der Waals surface area contributed by atoms with Crippen molar-refractivity contribution < 1.29 is 14.3 Å². The van der Waals surface area contributed by atoms with Crippen molar-refractivity contribution in [3.8, 4) is 0 Å². The Kier molecular flexibility index (Phi) is 3.96. The number of carbonyl (C=O) groups is 2. The molecule has 2 atom stereocenters. The van der Waals surface area contributed by atoms with Gasteiger partial charge < -0.3 is 10.1 Å². The van der Waals surface area contributed by atoms with Gasteiger partial charge in [0.1, 0.15) is 11.6 Å². The molecule has 0 aromatic carbocycles. The molecule has 0 saturated carbocycles. The van der Waals surface area contributed by atoms with E-state index in [0.717, 1.165) is 12.8 Å². The molecular weight excluding hydrogens is 218 g/mol. The summed E-state index contributed by atoms with van der Waals surface area (Å²) in [6, 6.07) is -0.241. The van der Waals surface area contributed by atoms with Crippen LogP contribution in [0.4, 0.5) is 0 Å². The van der Waals surface area contributed by atoms with E-state index in [0.29, 0.717) is 5.57 Å². The van der Waals surface area contributed by atoms with Gasteiger partial charge in [-0.05, 0) is 27.2 Å². The summed E-state index contributed by atoms with van der Waals surface area (Å²) in [5, 5.41) is 2.71. The zero-order chi connectivity index (χ0) is 13.2. The van der Waals surface area contributed by atoms with Crippen LogP contribution in [0.2, 0.25) is 0 Å². The van der Waals surface area contributed by atoms with Gasteiger partial charge in [-0.2, -0.15) is 0 Å². The van der Waals surface area contributed by atoms with Gasteiger partial charge in [0.05, 0.1) is 0 Å². The van der Waals surface area contributed by atoms with E-state index in [9.17, 15) is 9.59 Å². The second kappa shape index (κ2) is 4.90. The average molecular weight is 239 g/mol. The van der Waals surface area contributed by atoms with Gasteiger partial charge in [0.15, 0.2) is 0 Å². The lowest BCUT2D eigenvalue weighted by molar-refractivity contribution is -0.150. The molecule has 1 saturated heterocycles. The summed E-state index contributed by atoms with van der Waals surface area (Å²) in [5.41, 5.74) is -0.136. The molecule has 96 valence electrons. The van der Waals surface area contributed by atoms with Crippen LogP contribution in [0.25, 0.3) is 0 Å². The fraction of sp³-hybridized carbons (Fsp3) is 0.692. The first-order valence-electron chi connectivity index (χ1n) is 5.98. The third-order valence-electron chi connectivity index (χ3n) is 2.61. The number of nitrogens with one attached hydrogen (secondary N) is 1. The molecule has 2 unspecified atom stereocenters. The topological polar surface area (TPSA) is 65.3 Å². The van der Waals surface area contributed by atoms with Crippen LogP contribution in [-0.4, -0.2) is 23.5 Å². The van der Waals surface area contributed by atoms with Gasteiger partial charge in [0, 0.05) is 11.5 Å². The Labute approximate surface area is 102 Å². The lowest BCUT2D eigenvalue weighted by atomic mass is 9.92. The molecule has 1 N–H and O–H groups in total. The molecule has 1 amide bonds. The van der Waals surface area contributed by atoms with Gasteiger partial charge in [-0.1, -0.05) is 19.9 Å². The molecule has 1 fully saturated rings. The minimum Gasteiger partial charge on any atom is -0.457 e. The minimum atomic E-state index is -0.530. The smallest absolute Gasteiger partial charge is 0.334 e. The third-order valence-corrected chi connectivity index (χ3v) is 2.61. The van der Waals surface area contributed by atoms with Crippen molar-refractivity contribution in [1.29, 1.82) is 0 Å². The Balaban J connectivity index is 2.65. The van der Waals surface area contributed by atoms with Gasteiger partial charge >= 0.3 is 5.97 Å². The van der Waals surface area contributed by atoms with Crippen LogP contribution >= 0.6 is 0 Å². The molecule has 0 aromatic rings. The number of carbonyl (C=O) groups excluding carboxylic acids is 2. The Morgan fingerprint density at radius 2 is 2.06 bits per heavy atom. The predicted molar refractivity (Wildman–Crippen MR) is 65.3 cm³/mol. The quantitative estimate of drug-likeness (QED) is 0.452. The number of hydrogen-bond acceptors (Lipinski definition) is 3. The molecule has 1 heterocycles. The van der Waals surface area contributed by atoms with Crippen molar-refractivity contribution >= 4 is 11.9 Å². The molecule has 1 rings (SSSR count). The molecular formula is C13H21NO3. The summed E-state index contributed by atoms with van der Waals surface area (Å²) in [5.74, 6) is -0.548. The van der Waals surface area contributed by atoms with Crippen molar-refractivity contribution in [2.75, 3.05) is 0 Å². The monoisotopic (exact) mass is 239 g/mol.